The molecule has 0 saturated heterocycles. The Labute approximate surface area is 160 Å². The fourth-order valence-corrected chi connectivity index (χ4v) is 4.03. The van der Waals surface area contributed by atoms with Crippen LogP contribution in [0.25, 0.3) is 32.8 Å². The van der Waals surface area contributed by atoms with Gasteiger partial charge in [-0.25, -0.2) is 9.97 Å². The molecule has 1 aliphatic heterocycles. The van der Waals surface area contributed by atoms with Crippen molar-refractivity contribution in [1.82, 2.24) is 9.97 Å². The molecule has 3 nitrogen and oxygen atoms in total. The van der Waals surface area contributed by atoms with Crippen LogP contribution in [-0.4, -0.2) is 15.6 Å². The quantitative estimate of drug-likeness (QED) is 0.262. The lowest BCUT2D eigenvalue weighted by molar-refractivity contribution is 0.0873. The lowest BCUT2D eigenvalue weighted by Crippen LogP contribution is -2.32. The van der Waals surface area contributed by atoms with Crippen LogP contribution in [0.2, 0.25) is 10.0 Å². The van der Waals surface area contributed by atoms with Gasteiger partial charge in [0, 0.05) is 16.3 Å². The summed E-state index contributed by atoms with van der Waals surface area (Å²) in [5.41, 5.74) is 4.19. The van der Waals surface area contributed by atoms with Crippen molar-refractivity contribution < 1.29 is 4.74 Å². The molecule has 3 aromatic carbocycles. The minimum absolute atomic E-state index is 0.190. The Balaban J connectivity index is 1.97. The molecule has 0 bridgehead atoms. The lowest BCUT2D eigenvalue weighted by atomic mass is 9.90. The molecular weight excluding hydrogens is 367 g/mol. The number of hydrogen-bond acceptors (Lipinski definition) is 3. The van der Waals surface area contributed by atoms with Gasteiger partial charge in [0.15, 0.2) is 0 Å². The molecule has 1 aromatic heterocycles. The predicted molar refractivity (Wildman–Crippen MR) is 108 cm³/mol. The fourth-order valence-electron chi connectivity index (χ4n) is 3.71. The lowest BCUT2D eigenvalue weighted by Gasteiger charge is -2.33. The third-order valence-electron chi connectivity index (χ3n) is 5.05. The highest BCUT2D eigenvalue weighted by Crippen LogP contribution is 2.43. The van der Waals surface area contributed by atoms with Gasteiger partial charge in [-0.2, -0.15) is 0 Å². The zero-order chi connectivity index (χ0) is 18.1. The van der Waals surface area contributed by atoms with Crippen molar-refractivity contribution in [1.29, 1.82) is 0 Å². The topological polar surface area (TPSA) is 35.0 Å². The van der Waals surface area contributed by atoms with Crippen LogP contribution >= 0.6 is 23.2 Å². The summed E-state index contributed by atoms with van der Waals surface area (Å²) in [6, 6.07) is 11.8. The van der Waals surface area contributed by atoms with E-state index in [1.54, 1.807) is 12.1 Å². The Morgan fingerprint density at radius 1 is 0.923 bits per heavy atom. The molecule has 26 heavy (non-hydrogen) atoms. The van der Waals surface area contributed by atoms with Gasteiger partial charge in [0.2, 0.25) is 0 Å². The zero-order valence-corrected chi connectivity index (χ0v) is 15.9. The first-order chi connectivity index (χ1) is 12.4. The minimum atomic E-state index is -0.190. The van der Waals surface area contributed by atoms with Crippen molar-refractivity contribution in [3.8, 4) is 5.75 Å². The van der Waals surface area contributed by atoms with Crippen LogP contribution in [-0.2, 0) is 6.42 Å². The van der Waals surface area contributed by atoms with Gasteiger partial charge in [0.1, 0.15) is 11.4 Å². The average Bonchev–Trinajstić information content (AvgIpc) is 2.61. The summed E-state index contributed by atoms with van der Waals surface area (Å²) in [5, 5.41) is 3.09. The number of halogens is 2. The second-order valence-corrected chi connectivity index (χ2v) is 8.21. The van der Waals surface area contributed by atoms with Crippen molar-refractivity contribution in [3.63, 3.8) is 0 Å². The molecule has 4 aromatic rings. The molecule has 5 heteroatoms. The molecule has 0 fully saturated rings. The van der Waals surface area contributed by atoms with Crippen LogP contribution < -0.4 is 4.74 Å². The summed E-state index contributed by atoms with van der Waals surface area (Å²) in [6.07, 6.45) is 1.85. The van der Waals surface area contributed by atoms with Crippen molar-refractivity contribution in [3.05, 3.63) is 52.0 Å². The van der Waals surface area contributed by atoms with Gasteiger partial charge in [-0.1, -0.05) is 47.5 Å². The van der Waals surface area contributed by atoms with E-state index in [2.05, 4.69) is 26.0 Å². The number of aryl methyl sites for hydroxylation is 1. The molecule has 0 saturated carbocycles. The van der Waals surface area contributed by atoms with E-state index in [4.69, 9.17) is 37.9 Å². The third-order valence-corrected chi connectivity index (χ3v) is 5.77. The summed E-state index contributed by atoms with van der Waals surface area (Å²) in [7, 11) is 0. The summed E-state index contributed by atoms with van der Waals surface area (Å²) < 4.78 is 6.38. The van der Waals surface area contributed by atoms with Gasteiger partial charge in [0.05, 0.1) is 32.1 Å². The first-order valence-electron chi connectivity index (χ1n) is 8.62. The predicted octanol–water partition coefficient (Wildman–Crippen LogP) is 6.35. The highest BCUT2D eigenvalue weighted by Gasteiger charge is 2.30. The summed E-state index contributed by atoms with van der Waals surface area (Å²) in [4.78, 5) is 9.80. The van der Waals surface area contributed by atoms with E-state index in [9.17, 15) is 0 Å². The van der Waals surface area contributed by atoms with Gasteiger partial charge in [-0.05, 0) is 38.8 Å². The van der Waals surface area contributed by atoms with E-state index in [1.165, 1.54) is 0 Å². The molecule has 0 amide bonds. The maximum atomic E-state index is 6.38. The molecule has 0 unspecified atom stereocenters. The molecule has 130 valence electrons. The molecular formula is C21H16Cl2N2O. The second kappa shape index (κ2) is 5.45. The number of fused-ring (bicyclic) bond motifs is 7. The van der Waals surface area contributed by atoms with Crippen LogP contribution in [0.5, 0.6) is 5.75 Å². The highest BCUT2D eigenvalue weighted by atomic mass is 35.5. The molecule has 0 aliphatic carbocycles. The first kappa shape index (κ1) is 16.1. The maximum absolute atomic E-state index is 6.38. The van der Waals surface area contributed by atoms with Crippen molar-refractivity contribution >= 4 is 56.0 Å². The number of ether oxygens (including phenoxy) is 1. The van der Waals surface area contributed by atoms with Crippen LogP contribution in [0.3, 0.4) is 0 Å². The van der Waals surface area contributed by atoms with E-state index in [0.717, 1.165) is 57.0 Å². The minimum Gasteiger partial charge on any atom is -0.487 e. The normalized spacial score (nSPS) is 16.0. The molecule has 1 aliphatic rings. The Kier molecular flexibility index (Phi) is 3.37. The zero-order valence-electron chi connectivity index (χ0n) is 14.4. The second-order valence-electron chi connectivity index (χ2n) is 7.39. The Bertz CT molecular complexity index is 1220. The third kappa shape index (κ3) is 2.34. The summed E-state index contributed by atoms with van der Waals surface area (Å²) in [6.45, 7) is 4.26. The van der Waals surface area contributed by atoms with Crippen molar-refractivity contribution in [2.75, 3.05) is 0 Å². The van der Waals surface area contributed by atoms with E-state index < -0.39 is 0 Å². The van der Waals surface area contributed by atoms with E-state index in [1.807, 2.05) is 12.1 Å². The number of nitrogens with zero attached hydrogens (tertiary/aromatic N) is 2. The van der Waals surface area contributed by atoms with Crippen LogP contribution in [0, 0.1) is 0 Å². The van der Waals surface area contributed by atoms with Crippen LogP contribution in [0.1, 0.15) is 25.8 Å². The standard InChI is InChI=1S/C21H16Cl2N2O/c1-21(2)8-7-13-19-18(11-5-3-4-6-12(11)20(13)26-21)24-16-9-14(22)15(23)10-17(16)25-19/h3-6,9-10H,7-8H2,1-2H3. The van der Waals surface area contributed by atoms with E-state index in [0.29, 0.717) is 10.0 Å². The van der Waals surface area contributed by atoms with Gasteiger partial charge in [-0.15, -0.1) is 0 Å². The fraction of sp³-hybridized carbons (Fsp3) is 0.238. The van der Waals surface area contributed by atoms with Gasteiger partial charge in [0.25, 0.3) is 0 Å². The average molecular weight is 383 g/mol. The number of benzene rings is 3. The van der Waals surface area contributed by atoms with Crippen molar-refractivity contribution in [2.45, 2.75) is 32.3 Å². The summed E-state index contributed by atoms with van der Waals surface area (Å²) in [5.74, 6) is 0.929. The first-order valence-corrected chi connectivity index (χ1v) is 9.38. The van der Waals surface area contributed by atoms with E-state index in [-0.39, 0.29) is 5.60 Å². The highest BCUT2D eigenvalue weighted by molar-refractivity contribution is 6.42. The summed E-state index contributed by atoms with van der Waals surface area (Å²) >= 11 is 12.4. The Hall–Kier alpha value is -2.10. The Morgan fingerprint density at radius 3 is 2.23 bits per heavy atom. The Morgan fingerprint density at radius 2 is 1.54 bits per heavy atom. The molecule has 0 radical (unpaired) electrons. The monoisotopic (exact) mass is 382 g/mol. The van der Waals surface area contributed by atoms with E-state index >= 15 is 0 Å². The maximum Gasteiger partial charge on any atom is 0.133 e. The number of aromatic nitrogens is 2. The number of hydrogen-bond donors (Lipinski definition) is 0. The van der Waals surface area contributed by atoms with Gasteiger partial charge >= 0.3 is 0 Å². The van der Waals surface area contributed by atoms with Gasteiger partial charge < -0.3 is 4.74 Å². The SMILES string of the molecule is CC1(C)CCc2c(c3ccccc3c3nc4cc(Cl)c(Cl)cc4nc23)O1. The van der Waals surface area contributed by atoms with Crippen LogP contribution in [0.4, 0.5) is 0 Å². The smallest absolute Gasteiger partial charge is 0.133 e. The van der Waals surface area contributed by atoms with Gasteiger partial charge in [-0.3, -0.25) is 0 Å². The number of rotatable bonds is 0. The van der Waals surface area contributed by atoms with Crippen LogP contribution in [0.15, 0.2) is 36.4 Å². The molecule has 0 atom stereocenters. The molecule has 0 spiro atoms. The molecule has 0 N–H and O–H groups in total. The largest absolute Gasteiger partial charge is 0.487 e. The molecule has 2 heterocycles. The molecule has 5 rings (SSSR count). The van der Waals surface area contributed by atoms with Crippen molar-refractivity contribution in [2.24, 2.45) is 0 Å².